The van der Waals surface area contributed by atoms with Crippen LogP contribution in [-0.2, 0) is 4.79 Å². The van der Waals surface area contributed by atoms with Crippen LogP contribution in [0.5, 0.6) is 0 Å². The van der Waals surface area contributed by atoms with Gasteiger partial charge in [0, 0.05) is 6.54 Å². The van der Waals surface area contributed by atoms with E-state index in [1.165, 1.54) is 12.1 Å². The maximum atomic E-state index is 13.5. The van der Waals surface area contributed by atoms with Crippen LogP contribution < -0.4 is 5.32 Å². The number of nitriles is 1. The van der Waals surface area contributed by atoms with Gasteiger partial charge in [-0.25, -0.2) is 4.39 Å². The van der Waals surface area contributed by atoms with Gasteiger partial charge in [0.2, 0.25) is 0 Å². The van der Waals surface area contributed by atoms with Crippen LogP contribution in [0.4, 0.5) is 10.1 Å². The van der Waals surface area contributed by atoms with Crippen LogP contribution in [0.2, 0.25) is 0 Å². The minimum atomic E-state index is -0.767. The van der Waals surface area contributed by atoms with Gasteiger partial charge in [0.05, 0.1) is 11.6 Å². The zero-order valence-electron chi connectivity index (χ0n) is 11.1. The Hall–Kier alpha value is -2.09. The summed E-state index contributed by atoms with van der Waals surface area (Å²) in [6.07, 6.45) is 3.50. The molecular weight excluding hydrogens is 259 g/mol. The lowest BCUT2D eigenvalue weighted by atomic mass is 9.79. The van der Waals surface area contributed by atoms with Gasteiger partial charge in [-0.2, -0.15) is 5.26 Å². The first kappa shape index (κ1) is 14.3. The molecule has 0 aliphatic heterocycles. The molecule has 0 bridgehead atoms. The standard InChI is InChI=1S/C15H17FN2O2/c16-13-6-3-7-14(12(13)8-17)18-9-10-4-1-2-5-11(10)15(19)20/h3,6-7,10-11,18H,1-2,4-5,9H2,(H,19,20). The van der Waals surface area contributed by atoms with Crippen LogP contribution in [0, 0.1) is 29.0 Å². The van der Waals surface area contributed by atoms with E-state index in [-0.39, 0.29) is 17.4 Å². The molecule has 2 rings (SSSR count). The van der Waals surface area contributed by atoms with E-state index in [4.69, 9.17) is 5.26 Å². The molecule has 2 N–H and O–H groups in total. The fraction of sp³-hybridized carbons (Fsp3) is 0.467. The van der Waals surface area contributed by atoms with Crippen molar-refractivity contribution in [3.63, 3.8) is 0 Å². The molecule has 20 heavy (non-hydrogen) atoms. The Bertz CT molecular complexity index is 539. The maximum absolute atomic E-state index is 13.5. The first-order valence-corrected chi connectivity index (χ1v) is 6.78. The highest BCUT2D eigenvalue weighted by Crippen LogP contribution is 2.31. The molecule has 1 fully saturated rings. The Balaban J connectivity index is 2.06. The van der Waals surface area contributed by atoms with Gasteiger partial charge in [-0.3, -0.25) is 4.79 Å². The lowest BCUT2D eigenvalue weighted by Crippen LogP contribution is -2.31. The zero-order chi connectivity index (χ0) is 14.5. The molecule has 5 heteroatoms. The minimum Gasteiger partial charge on any atom is -0.481 e. The molecule has 0 radical (unpaired) electrons. The number of carbonyl (C=O) groups is 1. The third-order valence-corrected chi connectivity index (χ3v) is 3.91. The lowest BCUT2D eigenvalue weighted by Gasteiger charge is -2.29. The summed E-state index contributed by atoms with van der Waals surface area (Å²) in [5, 5.41) is 21.2. The summed E-state index contributed by atoms with van der Waals surface area (Å²) in [4.78, 5) is 11.2. The number of carboxylic acid groups (broad SMARTS) is 1. The first-order valence-electron chi connectivity index (χ1n) is 6.78. The van der Waals surface area contributed by atoms with Gasteiger partial charge in [0.25, 0.3) is 0 Å². The SMILES string of the molecule is N#Cc1c(F)cccc1NCC1CCCCC1C(=O)O. The molecule has 1 aromatic carbocycles. The van der Waals surface area contributed by atoms with Gasteiger partial charge in [-0.15, -0.1) is 0 Å². The quantitative estimate of drug-likeness (QED) is 0.886. The van der Waals surface area contributed by atoms with E-state index in [0.717, 1.165) is 19.3 Å². The fourth-order valence-corrected chi connectivity index (χ4v) is 2.80. The number of carboxylic acids is 1. The van der Waals surface area contributed by atoms with Crippen molar-refractivity contribution in [2.45, 2.75) is 25.7 Å². The smallest absolute Gasteiger partial charge is 0.306 e. The van der Waals surface area contributed by atoms with Crippen LogP contribution >= 0.6 is 0 Å². The molecule has 106 valence electrons. The van der Waals surface area contributed by atoms with Crippen molar-refractivity contribution in [2.75, 3.05) is 11.9 Å². The summed E-state index contributed by atoms with van der Waals surface area (Å²) in [5.74, 6) is -1.65. The van der Waals surface area contributed by atoms with Gasteiger partial charge in [-0.05, 0) is 30.9 Å². The average molecular weight is 276 g/mol. The van der Waals surface area contributed by atoms with Crippen LogP contribution in [0.3, 0.4) is 0 Å². The van der Waals surface area contributed by atoms with Crippen molar-refractivity contribution in [3.8, 4) is 6.07 Å². The zero-order valence-corrected chi connectivity index (χ0v) is 11.1. The molecule has 1 aromatic rings. The van der Waals surface area contributed by atoms with Gasteiger partial charge in [0.15, 0.2) is 0 Å². The Labute approximate surface area is 117 Å². The predicted octanol–water partition coefficient (Wildman–Crippen LogP) is 3.00. The average Bonchev–Trinajstić information content (AvgIpc) is 2.45. The summed E-state index contributed by atoms with van der Waals surface area (Å²) in [6.45, 7) is 0.453. The molecule has 0 amide bonds. The highest BCUT2D eigenvalue weighted by molar-refractivity contribution is 5.70. The fourth-order valence-electron chi connectivity index (χ4n) is 2.80. The van der Waals surface area contributed by atoms with Crippen molar-refractivity contribution < 1.29 is 14.3 Å². The highest BCUT2D eigenvalue weighted by Gasteiger charge is 2.30. The Morgan fingerprint density at radius 2 is 2.20 bits per heavy atom. The van der Waals surface area contributed by atoms with Gasteiger partial charge < -0.3 is 10.4 Å². The van der Waals surface area contributed by atoms with E-state index < -0.39 is 11.8 Å². The number of halogens is 1. The van der Waals surface area contributed by atoms with Crippen LogP contribution in [-0.4, -0.2) is 17.6 Å². The number of nitrogens with zero attached hydrogens (tertiary/aromatic N) is 1. The van der Waals surface area contributed by atoms with Crippen molar-refractivity contribution >= 4 is 11.7 Å². The number of aliphatic carboxylic acids is 1. The number of hydrogen-bond donors (Lipinski definition) is 2. The second-order valence-electron chi connectivity index (χ2n) is 5.14. The summed E-state index contributed by atoms with van der Waals surface area (Å²) in [5.41, 5.74) is 0.414. The predicted molar refractivity (Wildman–Crippen MR) is 72.7 cm³/mol. The first-order chi connectivity index (χ1) is 9.63. The Morgan fingerprint density at radius 3 is 2.90 bits per heavy atom. The number of rotatable bonds is 4. The van der Waals surface area contributed by atoms with E-state index >= 15 is 0 Å². The molecule has 0 saturated heterocycles. The third-order valence-electron chi connectivity index (χ3n) is 3.91. The summed E-state index contributed by atoms with van der Waals surface area (Å²) in [6, 6.07) is 6.25. The van der Waals surface area contributed by atoms with Crippen LogP contribution in [0.1, 0.15) is 31.2 Å². The highest BCUT2D eigenvalue weighted by atomic mass is 19.1. The lowest BCUT2D eigenvalue weighted by molar-refractivity contribution is -0.144. The molecule has 0 aromatic heterocycles. The molecule has 4 nitrogen and oxygen atoms in total. The number of anilines is 1. The molecule has 0 heterocycles. The van der Waals surface area contributed by atoms with Crippen molar-refractivity contribution in [2.24, 2.45) is 11.8 Å². The Morgan fingerprint density at radius 1 is 1.45 bits per heavy atom. The van der Waals surface area contributed by atoms with Crippen molar-refractivity contribution in [1.29, 1.82) is 5.26 Å². The largest absolute Gasteiger partial charge is 0.481 e. The summed E-state index contributed by atoms with van der Waals surface area (Å²) < 4.78 is 13.5. The third kappa shape index (κ3) is 3.08. The number of benzene rings is 1. The molecule has 1 saturated carbocycles. The number of hydrogen-bond acceptors (Lipinski definition) is 3. The van der Waals surface area contributed by atoms with Crippen molar-refractivity contribution in [3.05, 3.63) is 29.6 Å². The second kappa shape index (κ2) is 6.38. The van der Waals surface area contributed by atoms with Gasteiger partial charge in [0.1, 0.15) is 17.4 Å². The second-order valence-corrected chi connectivity index (χ2v) is 5.14. The summed E-state index contributed by atoms with van der Waals surface area (Å²) >= 11 is 0. The minimum absolute atomic E-state index is 0.0183. The molecule has 2 unspecified atom stereocenters. The topological polar surface area (TPSA) is 73.1 Å². The van der Waals surface area contributed by atoms with Gasteiger partial charge in [-0.1, -0.05) is 18.9 Å². The molecule has 1 aliphatic rings. The van der Waals surface area contributed by atoms with Crippen LogP contribution in [0.15, 0.2) is 18.2 Å². The molecular formula is C15H17FN2O2. The van der Waals surface area contributed by atoms with Crippen molar-refractivity contribution in [1.82, 2.24) is 0 Å². The molecule has 2 atom stereocenters. The normalized spacial score (nSPS) is 22.0. The molecule has 1 aliphatic carbocycles. The van der Waals surface area contributed by atoms with Crippen LogP contribution in [0.25, 0.3) is 0 Å². The van der Waals surface area contributed by atoms with E-state index in [1.807, 2.05) is 6.07 Å². The summed E-state index contributed by atoms with van der Waals surface area (Å²) in [7, 11) is 0. The monoisotopic (exact) mass is 276 g/mol. The molecule has 0 spiro atoms. The van der Waals surface area contributed by atoms with E-state index in [9.17, 15) is 14.3 Å². The van der Waals surface area contributed by atoms with E-state index in [2.05, 4.69) is 5.32 Å². The number of nitrogens with one attached hydrogen (secondary N) is 1. The van der Waals surface area contributed by atoms with E-state index in [1.54, 1.807) is 6.07 Å². The van der Waals surface area contributed by atoms with E-state index in [0.29, 0.717) is 18.7 Å². The van der Waals surface area contributed by atoms with Gasteiger partial charge >= 0.3 is 5.97 Å². The maximum Gasteiger partial charge on any atom is 0.306 e. The Kier molecular flexibility index (Phi) is 4.57.